The van der Waals surface area contributed by atoms with Crippen LogP contribution in [0, 0.1) is 13.8 Å². The first-order chi connectivity index (χ1) is 13.2. The van der Waals surface area contributed by atoms with Gasteiger partial charge in [-0.3, -0.25) is 0 Å². The van der Waals surface area contributed by atoms with Gasteiger partial charge in [0, 0.05) is 16.2 Å². The lowest BCUT2D eigenvalue weighted by molar-refractivity contribution is 0.344. The van der Waals surface area contributed by atoms with Crippen molar-refractivity contribution in [1.82, 2.24) is 9.97 Å². The number of hydrogen-bond donors (Lipinski definition) is 0. The molecule has 0 atom stereocenters. The van der Waals surface area contributed by atoms with Crippen molar-refractivity contribution in [1.29, 1.82) is 0 Å². The minimum Gasteiger partial charge on any atom is -0.493 e. The Balaban J connectivity index is 1.54. The van der Waals surface area contributed by atoms with Gasteiger partial charge in [-0.1, -0.05) is 48.0 Å². The second-order valence-electron chi connectivity index (χ2n) is 6.27. The van der Waals surface area contributed by atoms with Crippen LogP contribution in [0.5, 0.6) is 5.75 Å². The molecule has 2 aromatic heterocycles. The van der Waals surface area contributed by atoms with Gasteiger partial charge >= 0.3 is 0 Å². The molecule has 0 aliphatic carbocycles. The van der Waals surface area contributed by atoms with E-state index in [1.807, 2.05) is 18.2 Å². The van der Waals surface area contributed by atoms with E-state index < -0.39 is 0 Å². The third kappa shape index (κ3) is 3.99. The topological polar surface area (TPSA) is 35.0 Å². The van der Waals surface area contributed by atoms with E-state index in [4.69, 9.17) is 4.74 Å². The van der Waals surface area contributed by atoms with Crippen molar-refractivity contribution in [3.63, 3.8) is 0 Å². The van der Waals surface area contributed by atoms with Crippen molar-refractivity contribution in [2.75, 3.05) is 12.4 Å². The summed E-state index contributed by atoms with van der Waals surface area (Å²) in [4.78, 5) is 11.4. The maximum Gasteiger partial charge on any atom is 0.128 e. The van der Waals surface area contributed by atoms with Gasteiger partial charge < -0.3 is 4.74 Å². The highest BCUT2D eigenvalue weighted by molar-refractivity contribution is 7.99. The van der Waals surface area contributed by atoms with E-state index in [9.17, 15) is 0 Å². The van der Waals surface area contributed by atoms with Crippen LogP contribution in [-0.4, -0.2) is 22.3 Å². The zero-order valence-electron chi connectivity index (χ0n) is 15.3. The molecule has 0 saturated heterocycles. The lowest BCUT2D eigenvalue weighted by Crippen LogP contribution is -2.00. The number of benzene rings is 2. The monoisotopic (exact) mass is 392 g/mol. The van der Waals surface area contributed by atoms with E-state index in [2.05, 4.69) is 60.2 Å². The van der Waals surface area contributed by atoms with E-state index in [1.165, 1.54) is 21.6 Å². The van der Waals surface area contributed by atoms with E-state index in [1.54, 1.807) is 29.4 Å². The van der Waals surface area contributed by atoms with Crippen LogP contribution in [0.3, 0.4) is 0 Å². The SMILES string of the molecule is Cc1ccc(OCCSc2ncnc3sc(C)c(-c4ccccc4)c23)cc1. The molecule has 0 N–H and O–H groups in total. The third-order valence-electron chi connectivity index (χ3n) is 4.30. The first-order valence-corrected chi connectivity index (χ1v) is 10.6. The summed E-state index contributed by atoms with van der Waals surface area (Å²) in [7, 11) is 0. The number of fused-ring (bicyclic) bond motifs is 1. The molecule has 0 aliphatic rings. The second kappa shape index (κ2) is 8.11. The molecule has 4 aromatic rings. The van der Waals surface area contributed by atoms with Gasteiger partial charge in [-0.2, -0.15) is 0 Å². The van der Waals surface area contributed by atoms with Crippen LogP contribution in [0.1, 0.15) is 10.4 Å². The number of rotatable bonds is 6. The molecule has 2 aromatic carbocycles. The summed E-state index contributed by atoms with van der Waals surface area (Å²) in [6.45, 7) is 4.87. The van der Waals surface area contributed by atoms with Crippen LogP contribution in [-0.2, 0) is 0 Å². The minimum atomic E-state index is 0.642. The van der Waals surface area contributed by atoms with Crippen molar-refractivity contribution in [3.05, 3.63) is 71.4 Å². The molecular weight excluding hydrogens is 372 g/mol. The summed E-state index contributed by atoms with van der Waals surface area (Å²) in [5.41, 5.74) is 3.70. The van der Waals surface area contributed by atoms with Crippen LogP contribution < -0.4 is 4.74 Å². The van der Waals surface area contributed by atoms with E-state index in [-0.39, 0.29) is 0 Å². The molecule has 5 heteroatoms. The Morgan fingerprint density at radius 1 is 0.963 bits per heavy atom. The zero-order valence-corrected chi connectivity index (χ0v) is 16.9. The molecule has 4 rings (SSSR count). The number of ether oxygens (including phenoxy) is 1. The maximum absolute atomic E-state index is 5.85. The molecule has 0 unspecified atom stereocenters. The van der Waals surface area contributed by atoms with Crippen molar-refractivity contribution in [2.45, 2.75) is 18.9 Å². The minimum absolute atomic E-state index is 0.642. The summed E-state index contributed by atoms with van der Waals surface area (Å²) in [5.74, 6) is 1.74. The van der Waals surface area contributed by atoms with Gasteiger partial charge in [0.2, 0.25) is 0 Å². The molecule has 0 radical (unpaired) electrons. The van der Waals surface area contributed by atoms with Gasteiger partial charge in [0.1, 0.15) is 21.9 Å². The Hall–Kier alpha value is -2.37. The van der Waals surface area contributed by atoms with Gasteiger partial charge in [-0.15, -0.1) is 23.1 Å². The van der Waals surface area contributed by atoms with Crippen LogP contribution in [0.15, 0.2) is 66.0 Å². The third-order valence-corrected chi connectivity index (χ3v) is 6.27. The molecular formula is C22H20N2OS2. The quantitative estimate of drug-likeness (QED) is 0.224. The Labute approximate surface area is 167 Å². The van der Waals surface area contributed by atoms with Crippen molar-refractivity contribution in [2.24, 2.45) is 0 Å². The second-order valence-corrected chi connectivity index (χ2v) is 8.56. The number of aryl methyl sites for hydroxylation is 2. The molecule has 0 amide bonds. The highest BCUT2D eigenvalue weighted by atomic mass is 32.2. The number of thioether (sulfide) groups is 1. The number of nitrogens with zero attached hydrogens (tertiary/aromatic N) is 2. The molecule has 136 valence electrons. The van der Waals surface area contributed by atoms with E-state index >= 15 is 0 Å². The molecule has 0 aliphatic heterocycles. The summed E-state index contributed by atoms with van der Waals surface area (Å²) in [6, 6.07) is 18.6. The number of thiophene rings is 1. The van der Waals surface area contributed by atoms with Crippen molar-refractivity contribution in [3.8, 4) is 16.9 Å². The van der Waals surface area contributed by atoms with Gasteiger partial charge in [-0.25, -0.2) is 9.97 Å². The van der Waals surface area contributed by atoms with Gasteiger partial charge in [-0.05, 0) is 31.5 Å². The van der Waals surface area contributed by atoms with Crippen LogP contribution in [0.4, 0.5) is 0 Å². The summed E-state index contributed by atoms with van der Waals surface area (Å²) >= 11 is 3.45. The average Bonchev–Trinajstić information content (AvgIpc) is 3.04. The molecule has 3 nitrogen and oxygen atoms in total. The van der Waals surface area contributed by atoms with Gasteiger partial charge in [0.25, 0.3) is 0 Å². The predicted molar refractivity (Wildman–Crippen MR) is 115 cm³/mol. The Morgan fingerprint density at radius 3 is 2.52 bits per heavy atom. The standard InChI is InChI=1S/C22H20N2OS2/c1-15-8-10-18(11-9-15)25-12-13-26-21-20-19(17-6-4-3-5-7-17)16(2)27-22(20)24-14-23-21/h3-11,14H,12-13H2,1-2H3. The summed E-state index contributed by atoms with van der Waals surface area (Å²) in [6.07, 6.45) is 1.66. The largest absolute Gasteiger partial charge is 0.493 e. The van der Waals surface area contributed by atoms with Gasteiger partial charge in [0.05, 0.1) is 12.0 Å². The Morgan fingerprint density at radius 2 is 1.74 bits per heavy atom. The lowest BCUT2D eigenvalue weighted by atomic mass is 10.0. The predicted octanol–water partition coefficient (Wildman–Crippen LogP) is 6.15. The molecule has 27 heavy (non-hydrogen) atoms. The highest BCUT2D eigenvalue weighted by Crippen LogP contribution is 2.41. The number of hydrogen-bond acceptors (Lipinski definition) is 5. The maximum atomic E-state index is 5.85. The summed E-state index contributed by atoms with van der Waals surface area (Å²) < 4.78 is 5.85. The van der Waals surface area contributed by atoms with Crippen LogP contribution in [0.25, 0.3) is 21.3 Å². The van der Waals surface area contributed by atoms with E-state index in [0.29, 0.717) is 6.61 Å². The molecule has 0 bridgehead atoms. The van der Waals surface area contributed by atoms with Crippen LogP contribution in [0.2, 0.25) is 0 Å². The van der Waals surface area contributed by atoms with Crippen molar-refractivity contribution >= 4 is 33.3 Å². The zero-order chi connectivity index (χ0) is 18.6. The fraction of sp³-hybridized carbons (Fsp3) is 0.182. The van der Waals surface area contributed by atoms with Crippen LogP contribution >= 0.6 is 23.1 Å². The Kier molecular flexibility index (Phi) is 5.41. The lowest BCUT2D eigenvalue weighted by Gasteiger charge is -2.08. The number of aromatic nitrogens is 2. The van der Waals surface area contributed by atoms with Gasteiger partial charge in [0.15, 0.2) is 0 Å². The Bertz CT molecular complexity index is 1040. The molecule has 0 spiro atoms. The molecule has 0 saturated carbocycles. The fourth-order valence-electron chi connectivity index (χ4n) is 3.01. The van der Waals surface area contributed by atoms with E-state index in [0.717, 1.165) is 26.7 Å². The normalized spacial score (nSPS) is 11.0. The van der Waals surface area contributed by atoms with Crippen molar-refractivity contribution < 1.29 is 4.74 Å². The fourth-order valence-corrected chi connectivity index (χ4v) is 4.91. The summed E-state index contributed by atoms with van der Waals surface area (Å²) in [5, 5.41) is 2.18. The smallest absolute Gasteiger partial charge is 0.128 e. The first kappa shape index (κ1) is 18.0. The average molecular weight is 393 g/mol. The first-order valence-electron chi connectivity index (χ1n) is 8.84. The molecule has 2 heterocycles. The molecule has 0 fully saturated rings. The highest BCUT2D eigenvalue weighted by Gasteiger charge is 2.16.